The van der Waals surface area contributed by atoms with E-state index in [0.29, 0.717) is 59.2 Å². The summed E-state index contributed by atoms with van der Waals surface area (Å²) in [6, 6.07) is 29.8. The molecule has 4 unspecified atom stereocenters. The molecule has 2 saturated heterocycles. The predicted octanol–water partition coefficient (Wildman–Crippen LogP) is 7.85. The lowest BCUT2D eigenvalue weighted by Gasteiger charge is -2.36. The van der Waals surface area contributed by atoms with E-state index in [4.69, 9.17) is 19.2 Å². The molecule has 91 heavy (non-hydrogen) atoms. The van der Waals surface area contributed by atoms with Gasteiger partial charge >= 0.3 is 6.18 Å². The van der Waals surface area contributed by atoms with Crippen LogP contribution in [0.25, 0.3) is 21.6 Å². The molecule has 9 rings (SSSR count). The molecular weight excluding hydrogens is 1190 g/mol. The van der Waals surface area contributed by atoms with E-state index in [2.05, 4.69) is 48.7 Å². The number of thiazole rings is 1. The van der Waals surface area contributed by atoms with Gasteiger partial charge in [-0.25, -0.2) is 9.97 Å². The van der Waals surface area contributed by atoms with E-state index in [1.54, 1.807) is 55.3 Å². The Hall–Kier alpha value is -7.71. The molecule has 4 heterocycles. The Bertz CT molecular complexity index is 3360. The molecule has 3 aliphatic rings. The molecule has 0 bridgehead atoms. The number of piperazine rings is 1. The standard InChI is InChI=1S/C67H82F3N11O9S/c1-4-79-31-33-80(34-32-79)42-50-25-26-51(41-52(50)67(68,69)70)73-61(84)49-23-14-22-48(40-49)53-27-28-54-64(74-53)91-66(75-54)76-56(82)43-90-39-38-89-37-36-88-35-29-72-63(86)59(57(45-16-8-5-9-17-45)46-18-10-6-11-19-46)78-62(85)55-24-15-30-81(55)65(87)58(47-20-12-7-13-21-47)77-60(83)44(2)71-3/h5-6,8-11,14,16-19,22-23,25-28,40-41,44,47,55,57-59,71H,4,7,12-13,15,20-21,24,29-39,42-43H2,1-3H3,(H,72,86)(H,73,84)(H,77,83)(H,78,85)(H,75,76,82). The number of likely N-dealkylation sites (tertiary alicyclic amines) is 1. The van der Waals surface area contributed by atoms with Crippen LogP contribution < -0.4 is 31.9 Å². The van der Waals surface area contributed by atoms with Crippen molar-refractivity contribution < 1.29 is 56.1 Å². The van der Waals surface area contributed by atoms with Crippen LogP contribution >= 0.6 is 11.3 Å². The molecule has 3 fully saturated rings. The van der Waals surface area contributed by atoms with Crippen molar-refractivity contribution in [2.24, 2.45) is 5.92 Å². The predicted molar refractivity (Wildman–Crippen MR) is 342 cm³/mol. The Kier molecular flexibility index (Phi) is 24.6. The molecule has 1 saturated carbocycles. The van der Waals surface area contributed by atoms with E-state index in [-0.39, 0.29) is 87.3 Å². The number of hydrogen-bond donors (Lipinski definition) is 6. The summed E-state index contributed by atoms with van der Waals surface area (Å²) < 4.78 is 59.9. The average Bonchev–Trinajstić information content (AvgIpc) is 2.20. The van der Waals surface area contributed by atoms with Gasteiger partial charge in [-0.2, -0.15) is 13.2 Å². The SMILES string of the molecule is CCN1CCN(Cc2ccc(NC(=O)c3cccc(-c4ccc5nc(NC(=O)COCCOCCOCCNC(=O)C(NC(=O)C6CCCN6C(=O)C(NC(=O)C(C)NC)C6CCCCC6)C(c6ccccc6)c6ccccc6)sc5n4)c3)cc2C(F)(F)F)CC1. The molecule has 1 aliphatic carbocycles. The quantitative estimate of drug-likeness (QED) is 0.0245. The van der Waals surface area contributed by atoms with Crippen molar-refractivity contribution in [1.29, 1.82) is 0 Å². The monoisotopic (exact) mass is 1270 g/mol. The van der Waals surface area contributed by atoms with Crippen LogP contribution in [0.1, 0.15) is 97.3 Å². The fraction of sp³-hybridized carbons (Fsp3) is 0.463. The maximum Gasteiger partial charge on any atom is 0.416 e. The number of hydrogen-bond acceptors (Lipinski definition) is 15. The van der Waals surface area contributed by atoms with Crippen LogP contribution in [-0.2, 0) is 50.9 Å². The lowest BCUT2D eigenvalue weighted by molar-refractivity contribution is -0.143. The number of halogens is 3. The Balaban J connectivity index is 0.710. The first kappa shape index (κ1) is 67.7. The number of nitrogens with one attached hydrogen (secondary N) is 6. The van der Waals surface area contributed by atoms with Gasteiger partial charge in [-0.3, -0.25) is 39.0 Å². The number of nitrogens with zero attached hydrogens (tertiary/aromatic N) is 5. The number of rotatable bonds is 29. The Morgan fingerprint density at radius 3 is 2.05 bits per heavy atom. The molecule has 20 nitrogen and oxygen atoms in total. The van der Waals surface area contributed by atoms with E-state index < -0.39 is 65.5 Å². The van der Waals surface area contributed by atoms with E-state index in [0.717, 1.165) is 80.3 Å². The molecule has 6 aromatic rings. The molecule has 0 radical (unpaired) electrons. The molecule has 6 amide bonds. The van der Waals surface area contributed by atoms with Gasteiger partial charge in [0.1, 0.15) is 35.1 Å². The fourth-order valence-corrected chi connectivity index (χ4v) is 12.8. The molecule has 4 atom stereocenters. The number of carbonyl (C=O) groups is 6. The highest BCUT2D eigenvalue weighted by Gasteiger charge is 2.43. The summed E-state index contributed by atoms with van der Waals surface area (Å²) in [6.07, 6.45) is 0.980. The first-order valence-electron chi connectivity index (χ1n) is 31.4. The number of carbonyl (C=O) groups excluding carboxylic acids is 6. The van der Waals surface area contributed by atoms with E-state index in [1.807, 2.05) is 65.6 Å². The van der Waals surface area contributed by atoms with E-state index >= 15 is 0 Å². The fourth-order valence-electron chi connectivity index (χ4n) is 11.9. The first-order valence-corrected chi connectivity index (χ1v) is 32.2. The minimum atomic E-state index is -4.61. The number of fused-ring (bicyclic) bond motifs is 1. The van der Waals surface area contributed by atoms with Crippen molar-refractivity contribution in [2.75, 3.05) is 103 Å². The molecule has 0 spiro atoms. The third-order valence-corrected chi connectivity index (χ3v) is 17.9. The van der Waals surface area contributed by atoms with Crippen LogP contribution in [0, 0.1) is 5.92 Å². The Labute approximate surface area is 532 Å². The number of benzene rings is 4. The minimum Gasteiger partial charge on any atom is -0.377 e. The zero-order valence-electron chi connectivity index (χ0n) is 51.7. The molecule has 2 aliphatic heterocycles. The van der Waals surface area contributed by atoms with Gasteiger partial charge in [-0.1, -0.05) is 116 Å². The highest BCUT2D eigenvalue weighted by Crippen LogP contribution is 2.36. The number of ether oxygens (including phenoxy) is 3. The Morgan fingerprint density at radius 1 is 0.692 bits per heavy atom. The van der Waals surface area contributed by atoms with Crippen LogP contribution in [-0.4, -0.2) is 177 Å². The number of amides is 6. The van der Waals surface area contributed by atoms with Gasteiger partial charge in [-0.15, -0.1) is 0 Å². The van der Waals surface area contributed by atoms with Crippen molar-refractivity contribution in [3.8, 4) is 11.3 Å². The molecule has 24 heteroatoms. The first-order chi connectivity index (χ1) is 44.1. The zero-order valence-corrected chi connectivity index (χ0v) is 52.6. The minimum absolute atomic E-state index is 0.0297. The van der Waals surface area contributed by atoms with Gasteiger partial charge in [0.25, 0.3) is 11.8 Å². The lowest BCUT2D eigenvalue weighted by Crippen LogP contribution is -2.59. The largest absolute Gasteiger partial charge is 0.416 e. The summed E-state index contributed by atoms with van der Waals surface area (Å²) in [6.45, 7) is 8.84. The van der Waals surface area contributed by atoms with E-state index in [1.165, 1.54) is 12.1 Å². The highest BCUT2D eigenvalue weighted by atomic mass is 32.1. The van der Waals surface area contributed by atoms with Gasteiger partial charge in [0, 0.05) is 68.5 Å². The zero-order chi connectivity index (χ0) is 64.3. The van der Waals surface area contributed by atoms with Crippen molar-refractivity contribution in [2.45, 2.75) is 102 Å². The molecule has 2 aromatic heterocycles. The summed E-state index contributed by atoms with van der Waals surface area (Å²) in [7, 11) is 1.69. The van der Waals surface area contributed by atoms with Crippen LogP contribution in [0.4, 0.5) is 24.0 Å². The number of likely N-dealkylation sites (N-methyl/N-ethyl adjacent to an activating group) is 2. The summed E-state index contributed by atoms with van der Waals surface area (Å²) >= 11 is 1.15. The summed E-state index contributed by atoms with van der Waals surface area (Å²) in [5.74, 6) is -3.10. The van der Waals surface area contributed by atoms with Gasteiger partial charge in [0.2, 0.25) is 23.6 Å². The van der Waals surface area contributed by atoms with Crippen molar-refractivity contribution >= 4 is 67.9 Å². The van der Waals surface area contributed by atoms with Crippen molar-refractivity contribution in [3.05, 3.63) is 143 Å². The second-order valence-electron chi connectivity index (χ2n) is 23.1. The summed E-state index contributed by atoms with van der Waals surface area (Å²) in [4.78, 5) is 98.6. The average molecular weight is 1270 g/mol. The van der Waals surface area contributed by atoms with Gasteiger partial charge < -0.3 is 50.6 Å². The van der Waals surface area contributed by atoms with Crippen LogP contribution in [0.3, 0.4) is 0 Å². The van der Waals surface area contributed by atoms with Crippen LogP contribution in [0.15, 0.2) is 115 Å². The van der Waals surface area contributed by atoms with Gasteiger partial charge in [0.05, 0.1) is 50.3 Å². The van der Waals surface area contributed by atoms with Crippen LogP contribution in [0.2, 0.25) is 0 Å². The molecule has 486 valence electrons. The maximum absolute atomic E-state index is 14.6. The molecule has 6 N–H and O–H groups in total. The third-order valence-electron chi connectivity index (χ3n) is 17.0. The topological polar surface area (TPSA) is 238 Å². The summed E-state index contributed by atoms with van der Waals surface area (Å²) in [5, 5.41) is 17.7. The van der Waals surface area contributed by atoms with Gasteiger partial charge in [-0.05, 0) is 105 Å². The van der Waals surface area contributed by atoms with Crippen molar-refractivity contribution in [3.63, 3.8) is 0 Å². The maximum atomic E-state index is 14.6. The third kappa shape index (κ3) is 18.7. The molecular formula is C67H82F3N11O9S. The van der Waals surface area contributed by atoms with E-state index in [9.17, 15) is 41.9 Å². The molecule has 4 aromatic carbocycles. The normalized spacial score (nSPS) is 16.9. The number of pyridine rings is 1. The smallest absolute Gasteiger partial charge is 0.377 e. The van der Waals surface area contributed by atoms with Gasteiger partial charge in [0.15, 0.2) is 5.13 Å². The Morgan fingerprint density at radius 2 is 1.37 bits per heavy atom. The second kappa shape index (κ2) is 33.0. The highest BCUT2D eigenvalue weighted by molar-refractivity contribution is 7.22. The number of alkyl halides is 3. The second-order valence-corrected chi connectivity index (χ2v) is 24.1. The van der Waals surface area contributed by atoms with Crippen molar-refractivity contribution in [1.82, 2.24) is 45.9 Å². The van der Waals surface area contributed by atoms with Crippen LogP contribution in [0.5, 0.6) is 0 Å². The number of anilines is 2. The summed E-state index contributed by atoms with van der Waals surface area (Å²) in [5.41, 5.74) is 2.88. The lowest BCUT2D eigenvalue weighted by atomic mass is 9.83. The number of aromatic nitrogens is 2.